The maximum atomic E-state index is 12.4. The van der Waals surface area contributed by atoms with Crippen molar-refractivity contribution in [1.82, 2.24) is 9.88 Å². The third-order valence-electron chi connectivity index (χ3n) is 7.38. The molecule has 2 aliphatic carbocycles. The summed E-state index contributed by atoms with van der Waals surface area (Å²) in [5, 5.41) is 0. The molecule has 0 N–H and O–H groups in total. The van der Waals surface area contributed by atoms with Gasteiger partial charge in [-0.25, -0.2) is 0 Å². The van der Waals surface area contributed by atoms with Crippen LogP contribution in [0.1, 0.15) is 42.1 Å². The van der Waals surface area contributed by atoms with Crippen molar-refractivity contribution in [2.75, 3.05) is 44.3 Å². The molecule has 1 amide bonds. The first-order valence-corrected chi connectivity index (χ1v) is 11.5. The number of piperazine rings is 1. The highest BCUT2D eigenvalue weighted by atomic mass is 16.5. The van der Waals surface area contributed by atoms with Crippen molar-refractivity contribution in [2.24, 2.45) is 5.92 Å². The normalized spacial score (nSPS) is 22.0. The molecule has 2 aliphatic heterocycles. The van der Waals surface area contributed by atoms with Gasteiger partial charge in [0.05, 0.1) is 18.9 Å². The maximum absolute atomic E-state index is 12.4. The van der Waals surface area contributed by atoms with Crippen LogP contribution >= 0.6 is 0 Å². The molecule has 3 fully saturated rings. The second-order valence-electron chi connectivity index (χ2n) is 9.75. The van der Waals surface area contributed by atoms with Crippen LogP contribution in [0.25, 0.3) is 11.6 Å². The van der Waals surface area contributed by atoms with E-state index in [1.165, 1.54) is 28.0 Å². The van der Waals surface area contributed by atoms with Gasteiger partial charge in [-0.2, -0.15) is 0 Å². The smallest absolute Gasteiger partial charge is 0.225 e. The van der Waals surface area contributed by atoms with Gasteiger partial charge in [-0.05, 0) is 41.7 Å². The lowest BCUT2D eigenvalue weighted by molar-refractivity contribution is -0.132. The summed E-state index contributed by atoms with van der Waals surface area (Å²) in [4.78, 5) is 21.6. The molecule has 4 aliphatic rings. The quantitative estimate of drug-likeness (QED) is 0.767. The zero-order valence-corrected chi connectivity index (χ0v) is 18.1. The van der Waals surface area contributed by atoms with E-state index < -0.39 is 0 Å². The van der Waals surface area contributed by atoms with E-state index in [0.717, 1.165) is 64.3 Å². The summed E-state index contributed by atoms with van der Waals surface area (Å²) in [5.41, 5.74) is 7.81. The van der Waals surface area contributed by atoms with Gasteiger partial charge in [0.2, 0.25) is 5.91 Å². The summed E-state index contributed by atoms with van der Waals surface area (Å²) >= 11 is 0. The zero-order valence-electron chi connectivity index (χ0n) is 18.1. The van der Waals surface area contributed by atoms with E-state index in [9.17, 15) is 4.79 Å². The molecule has 0 spiro atoms. The summed E-state index contributed by atoms with van der Waals surface area (Å²) < 4.78 is 5.42. The van der Waals surface area contributed by atoms with Crippen molar-refractivity contribution in [3.05, 3.63) is 58.9 Å². The number of anilines is 1. The number of pyridine rings is 1. The lowest BCUT2D eigenvalue weighted by Gasteiger charge is -2.38. The number of carbonyl (C=O) groups excluding carboxylic acids is 1. The molecular weight excluding hydrogens is 386 g/mol. The number of rotatable bonds is 4. The Morgan fingerprint density at radius 1 is 1.06 bits per heavy atom. The van der Waals surface area contributed by atoms with Crippen molar-refractivity contribution in [3.63, 3.8) is 0 Å². The van der Waals surface area contributed by atoms with Crippen LogP contribution in [0.4, 0.5) is 5.69 Å². The minimum absolute atomic E-state index is 0.170. The van der Waals surface area contributed by atoms with Gasteiger partial charge in [-0.15, -0.1) is 0 Å². The van der Waals surface area contributed by atoms with E-state index in [4.69, 9.17) is 4.74 Å². The molecule has 1 aromatic carbocycles. The maximum Gasteiger partial charge on any atom is 0.225 e. The Balaban J connectivity index is 1.20. The number of ether oxygens (including phenoxy) is 1. The van der Waals surface area contributed by atoms with E-state index >= 15 is 0 Å². The molecule has 1 aromatic heterocycles. The van der Waals surface area contributed by atoms with Crippen molar-refractivity contribution in [1.29, 1.82) is 0 Å². The molecule has 0 bridgehead atoms. The number of fused-ring (bicyclic) bond motifs is 1. The summed E-state index contributed by atoms with van der Waals surface area (Å²) in [6, 6.07) is 11.1. The van der Waals surface area contributed by atoms with Crippen LogP contribution in [0.5, 0.6) is 0 Å². The van der Waals surface area contributed by atoms with Gasteiger partial charge in [0, 0.05) is 61.4 Å². The Kier molecular flexibility index (Phi) is 4.42. The van der Waals surface area contributed by atoms with Gasteiger partial charge < -0.3 is 14.5 Å². The van der Waals surface area contributed by atoms with Crippen molar-refractivity contribution in [3.8, 4) is 0 Å². The molecule has 2 saturated heterocycles. The van der Waals surface area contributed by atoms with Gasteiger partial charge in [0.25, 0.3) is 0 Å². The molecular formula is C26H29N3O2. The molecule has 31 heavy (non-hydrogen) atoms. The fourth-order valence-electron chi connectivity index (χ4n) is 5.09. The van der Waals surface area contributed by atoms with Crippen LogP contribution in [0, 0.1) is 5.92 Å². The fourth-order valence-corrected chi connectivity index (χ4v) is 5.09. The predicted octanol–water partition coefficient (Wildman–Crippen LogP) is 3.52. The largest absolute Gasteiger partial charge is 0.379 e. The van der Waals surface area contributed by atoms with Crippen LogP contribution in [0.3, 0.4) is 0 Å². The molecule has 3 heterocycles. The zero-order chi connectivity index (χ0) is 21.0. The highest BCUT2D eigenvalue weighted by Crippen LogP contribution is 2.38. The van der Waals surface area contributed by atoms with Crippen molar-refractivity contribution < 1.29 is 9.53 Å². The van der Waals surface area contributed by atoms with Crippen LogP contribution < -0.4 is 4.90 Å². The Bertz CT molecular complexity index is 1040. The molecule has 0 atom stereocenters. The molecule has 5 heteroatoms. The van der Waals surface area contributed by atoms with Gasteiger partial charge in [0.1, 0.15) is 0 Å². The van der Waals surface area contributed by atoms with Crippen LogP contribution in [0.15, 0.2) is 36.5 Å². The highest BCUT2D eigenvalue weighted by Gasteiger charge is 2.36. The van der Waals surface area contributed by atoms with E-state index in [-0.39, 0.29) is 5.41 Å². The first kappa shape index (κ1) is 19.1. The number of allylic oxidation sites excluding steroid dienone is 1. The van der Waals surface area contributed by atoms with E-state index in [1.54, 1.807) is 0 Å². The number of carbonyl (C=O) groups is 1. The summed E-state index contributed by atoms with van der Waals surface area (Å²) in [6.07, 6.45) is 7.30. The van der Waals surface area contributed by atoms with Crippen LogP contribution in [0.2, 0.25) is 0 Å². The minimum atomic E-state index is 0.170. The topological polar surface area (TPSA) is 45.7 Å². The van der Waals surface area contributed by atoms with Gasteiger partial charge in [-0.1, -0.05) is 31.2 Å². The van der Waals surface area contributed by atoms with Crippen LogP contribution in [-0.2, 0) is 21.4 Å². The summed E-state index contributed by atoms with van der Waals surface area (Å²) in [6.45, 7) is 7.34. The predicted molar refractivity (Wildman–Crippen MR) is 122 cm³/mol. The molecule has 6 rings (SSSR count). The van der Waals surface area contributed by atoms with Gasteiger partial charge in [0.15, 0.2) is 0 Å². The fraction of sp³-hybridized carbons (Fsp3) is 0.462. The standard InChI is InChI=1S/C26H29N3O2/c1-26(16-31-17-26)21-6-4-18(5-7-21)20-14-22-23(15-20)27-9-8-24(22)28-10-12-29(13-11-28)25(30)19-2-3-19/h4-9,14,19H,2-3,10-13,15-17H2,1H3. The number of aromatic nitrogens is 1. The number of benzene rings is 1. The number of nitrogens with zero attached hydrogens (tertiary/aromatic N) is 3. The minimum Gasteiger partial charge on any atom is -0.379 e. The third kappa shape index (κ3) is 3.35. The number of hydrogen-bond acceptors (Lipinski definition) is 4. The average Bonchev–Trinajstić information content (AvgIpc) is 3.55. The second-order valence-corrected chi connectivity index (χ2v) is 9.75. The molecule has 2 aromatic rings. The Morgan fingerprint density at radius 3 is 2.45 bits per heavy atom. The summed E-state index contributed by atoms with van der Waals surface area (Å²) in [7, 11) is 0. The Labute approximate surface area is 183 Å². The van der Waals surface area contributed by atoms with E-state index in [1.807, 2.05) is 6.20 Å². The Hall–Kier alpha value is -2.66. The number of hydrogen-bond donors (Lipinski definition) is 0. The van der Waals surface area contributed by atoms with E-state index in [0.29, 0.717) is 11.8 Å². The average molecular weight is 416 g/mol. The number of amides is 1. The van der Waals surface area contributed by atoms with Gasteiger partial charge in [-0.3, -0.25) is 9.78 Å². The first-order chi connectivity index (χ1) is 15.1. The van der Waals surface area contributed by atoms with Crippen LogP contribution in [-0.4, -0.2) is 55.2 Å². The second kappa shape index (κ2) is 7.20. The molecule has 0 radical (unpaired) electrons. The lowest BCUT2D eigenvalue weighted by Crippen LogP contribution is -2.49. The van der Waals surface area contributed by atoms with E-state index in [2.05, 4.69) is 58.1 Å². The lowest BCUT2D eigenvalue weighted by atomic mass is 9.80. The molecule has 5 nitrogen and oxygen atoms in total. The monoisotopic (exact) mass is 415 g/mol. The van der Waals surface area contributed by atoms with Gasteiger partial charge >= 0.3 is 0 Å². The highest BCUT2D eigenvalue weighted by molar-refractivity contribution is 5.92. The molecule has 0 unspecified atom stereocenters. The Morgan fingerprint density at radius 2 is 1.81 bits per heavy atom. The summed E-state index contributed by atoms with van der Waals surface area (Å²) in [5.74, 6) is 0.681. The molecule has 160 valence electrons. The molecule has 1 saturated carbocycles. The third-order valence-corrected chi connectivity index (χ3v) is 7.38. The first-order valence-electron chi connectivity index (χ1n) is 11.5. The van der Waals surface area contributed by atoms with Crippen molar-refractivity contribution in [2.45, 2.75) is 31.6 Å². The SMILES string of the molecule is CC1(c2ccc(C3=Cc4c(N5CCN(C(=O)C6CC6)CC5)ccnc4C3)cc2)COC1. The van der Waals surface area contributed by atoms with Crippen molar-refractivity contribution >= 4 is 23.2 Å².